The first-order chi connectivity index (χ1) is 13.2. The quantitative estimate of drug-likeness (QED) is 0.397. The fourth-order valence-corrected chi connectivity index (χ4v) is 3.61. The van der Waals surface area contributed by atoms with Crippen LogP contribution in [0.4, 0.5) is 0 Å². The fraction of sp³-hybridized carbons (Fsp3) is 0.250. The predicted molar refractivity (Wildman–Crippen MR) is 116 cm³/mol. The monoisotopic (exact) mass is 378 g/mol. The van der Waals surface area contributed by atoms with Gasteiger partial charge in [0.25, 0.3) is 0 Å². The second kappa shape index (κ2) is 9.52. The van der Waals surface area contributed by atoms with Gasteiger partial charge in [0, 0.05) is 5.56 Å². The highest BCUT2D eigenvalue weighted by Crippen LogP contribution is 2.38. The lowest BCUT2D eigenvalue weighted by atomic mass is 9.94. The normalized spacial score (nSPS) is 10.6. The van der Waals surface area contributed by atoms with Gasteiger partial charge in [-0.05, 0) is 79.3 Å². The summed E-state index contributed by atoms with van der Waals surface area (Å²) in [4.78, 5) is 0. The van der Waals surface area contributed by atoms with E-state index in [1.54, 1.807) is 0 Å². The Morgan fingerprint density at radius 1 is 0.815 bits per heavy atom. The summed E-state index contributed by atoms with van der Waals surface area (Å²) < 4.78 is 12.1. The summed E-state index contributed by atoms with van der Waals surface area (Å²) in [5, 5.41) is 0. The summed E-state index contributed by atoms with van der Waals surface area (Å²) >= 11 is 1.85. The van der Waals surface area contributed by atoms with Crippen LogP contribution in [-0.4, -0.2) is 18.6 Å². The Morgan fingerprint density at radius 3 is 2.19 bits per heavy atom. The van der Waals surface area contributed by atoms with E-state index in [0.29, 0.717) is 0 Å². The van der Waals surface area contributed by atoms with Gasteiger partial charge in [-0.2, -0.15) is 11.8 Å². The van der Waals surface area contributed by atoms with Gasteiger partial charge >= 0.3 is 0 Å². The molecule has 3 heteroatoms. The van der Waals surface area contributed by atoms with Crippen LogP contribution in [0.25, 0.3) is 11.1 Å². The molecule has 0 bridgehead atoms. The molecule has 0 N–H and O–H groups in total. The van der Waals surface area contributed by atoms with Crippen molar-refractivity contribution in [2.75, 3.05) is 18.6 Å². The van der Waals surface area contributed by atoms with Gasteiger partial charge in [0.05, 0.1) is 6.61 Å². The second-order valence-corrected chi connectivity index (χ2v) is 7.52. The lowest BCUT2D eigenvalue weighted by molar-refractivity contribution is 0.318. The first-order valence-corrected chi connectivity index (χ1v) is 10.6. The molecule has 0 fully saturated rings. The van der Waals surface area contributed by atoms with E-state index in [-0.39, 0.29) is 0 Å². The third-order valence-electron chi connectivity index (χ3n) is 4.40. The van der Waals surface area contributed by atoms with E-state index in [0.717, 1.165) is 41.6 Å². The Bertz CT molecular complexity index is 852. The zero-order valence-electron chi connectivity index (χ0n) is 16.2. The number of rotatable bonds is 8. The molecule has 3 rings (SSSR count). The number of benzene rings is 3. The summed E-state index contributed by atoms with van der Waals surface area (Å²) in [7, 11) is 0. The molecule has 3 aromatic carbocycles. The summed E-state index contributed by atoms with van der Waals surface area (Å²) in [5.74, 6) is 3.77. The molecule has 0 atom stereocenters. The van der Waals surface area contributed by atoms with E-state index < -0.39 is 0 Å². The second-order valence-electron chi connectivity index (χ2n) is 6.54. The third-order valence-corrected chi connectivity index (χ3v) is 5.09. The van der Waals surface area contributed by atoms with Crippen molar-refractivity contribution < 1.29 is 9.47 Å². The number of aryl methyl sites for hydroxylation is 2. The van der Waals surface area contributed by atoms with Gasteiger partial charge in [-0.1, -0.05) is 36.4 Å². The highest BCUT2D eigenvalue weighted by atomic mass is 32.2. The number of hydrogen-bond donors (Lipinski definition) is 0. The maximum atomic E-state index is 6.16. The van der Waals surface area contributed by atoms with Crippen LogP contribution in [0.3, 0.4) is 0 Å². The van der Waals surface area contributed by atoms with E-state index in [4.69, 9.17) is 9.47 Å². The van der Waals surface area contributed by atoms with Crippen molar-refractivity contribution in [3.63, 3.8) is 0 Å². The maximum absolute atomic E-state index is 6.16. The zero-order chi connectivity index (χ0) is 19.1. The number of hydrogen-bond acceptors (Lipinski definition) is 3. The molecular weight excluding hydrogens is 352 g/mol. The van der Waals surface area contributed by atoms with Crippen LogP contribution in [0.2, 0.25) is 0 Å². The molecule has 0 saturated carbocycles. The van der Waals surface area contributed by atoms with E-state index in [1.807, 2.05) is 54.2 Å². The van der Waals surface area contributed by atoms with Crippen molar-refractivity contribution >= 4 is 11.8 Å². The number of thioether (sulfide) groups is 1. The molecule has 0 aliphatic carbocycles. The van der Waals surface area contributed by atoms with Gasteiger partial charge in [0.1, 0.15) is 17.2 Å². The lowest BCUT2D eigenvalue weighted by Gasteiger charge is -2.17. The Kier molecular flexibility index (Phi) is 6.83. The van der Waals surface area contributed by atoms with Crippen LogP contribution in [-0.2, 0) is 0 Å². The SMILES string of the molecule is CSCCCOc1cc(C)c(-c2ccccc2Oc2ccccc2)c(C)c1. The number of para-hydroxylation sites is 2. The molecular formula is C24H26O2S. The van der Waals surface area contributed by atoms with Crippen molar-refractivity contribution in [3.05, 3.63) is 77.9 Å². The van der Waals surface area contributed by atoms with E-state index >= 15 is 0 Å². The van der Waals surface area contributed by atoms with Crippen LogP contribution in [0.5, 0.6) is 17.2 Å². The molecule has 0 saturated heterocycles. The third kappa shape index (κ3) is 5.08. The van der Waals surface area contributed by atoms with Crippen LogP contribution < -0.4 is 9.47 Å². The average molecular weight is 379 g/mol. The molecule has 0 unspecified atom stereocenters. The minimum absolute atomic E-state index is 0.757. The molecule has 2 nitrogen and oxygen atoms in total. The van der Waals surface area contributed by atoms with Crippen LogP contribution in [0.1, 0.15) is 17.5 Å². The molecule has 3 aromatic rings. The summed E-state index contributed by atoms with van der Waals surface area (Å²) in [6.07, 6.45) is 3.19. The Morgan fingerprint density at radius 2 is 1.48 bits per heavy atom. The molecule has 0 aliphatic rings. The van der Waals surface area contributed by atoms with E-state index in [1.165, 1.54) is 16.7 Å². The van der Waals surface area contributed by atoms with Crippen LogP contribution >= 0.6 is 11.8 Å². The largest absolute Gasteiger partial charge is 0.494 e. The fourth-order valence-electron chi connectivity index (χ4n) is 3.20. The maximum Gasteiger partial charge on any atom is 0.135 e. The first kappa shape index (κ1) is 19.4. The average Bonchev–Trinajstić information content (AvgIpc) is 2.67. The van der Waals surface area contributed by atoms with Crippen LogP contribution in [0, 0.1) is 13.8 Å². The molecule has 0 aromatic heterocycles. The molecule has 0 radical (unpaired) electrons. The summed E-state index contributed by atoms with van der Waals surface area (Å²) in [6, 6.07) is 22.4. The predicted octanol–water partition coefficient (Wildman–Crippen LogP) is 6.89. The van der Waals surface area contributed by atoms with Gasteiger partial charge in [-0.15, -0.1) is 0 Å². The smallest absolute Gasteiger partial charge is 0.135 e. The van der Waals surface area contributed by atoms with Crippen molar-refractivity contribution in [3.8, 4) is 28.4 Å². The highest BCUT2D eigenvalue weighted by Gasteiger charge is 2.13. The van der Waals surface area contributed by atoms with Gasteiger partial charge in [0.2, 0.25) is 0 Å². The zero-order valence-corrected chi connectivity index (χ0v) is 17.0. The standard InChI is InChI=1S/C24H26O2S/c1-18-16-21(25-14-9-15-27-3)17-19(2)24(18)22-12-7-8-13-23(22)26-20-10-5-4-6-11-20/h4-8,10-13,16-17H,9,14-15H2,1-3H3. The Labute approximate surface area is 166 Å². The Balaban J connectivity index is 1.88. The van der Waals surface area contributed by atoms with Crippen molar-refractivity contribution in [1.82, 2.24) is 0 Å². The van der Waals surface area contributed by atoms with E-state index in [9.17, 15) is 0 Å². The van der Waals surface area contributed by atoms with Crippen molar-refractivity contribution in [2.24, 2.45) is 0 Å². The lowest BCUT2D eigenvalue weighted by Crippen LogP contribution is -2.00. The number of ether oxygens (including phenoxy) is 2. The highest BCUT2D eigenvalue weighted by molar-refractivity contribution is 7.98. The molecule has 140 valence electrons. The van der Waals surface area contributed by atoms with Crippen LogP contribution in [0.15, 0.2) is 66.7 Å². The van der Waals surface area contributed by atoms with Crippen molar-refractivity contribution in [1.29, 1.82) is 0 Å². The topological polar surface area (TPSA) is 18.5 Å². The molecule has 0 heterocycles. The minimum Gasteiger partial charge on any atom is -0.494 e. The van der Waals surface area contributed by atoms with Gasteiger partial charge in [0.15, 0.2) is 0 Å². The minimum atomic E-state index is 0.757. The van der Waals surface area contributed by atoms with Gasteiger partial charge in [-0.25, -0.2) is 0 Å². The molecule has 0 aliphatic heterocycles. The van der Waals surface area contributed by atoms with E-state index in [2.05, 4.69) is 44.4 Å². The first-order valence-electron chi connectivity index (χ1n) is 9.24. The molecule has 0 amide bonds. The summed E-state index contributed by atoms with van der Waals surface area (Å²) in [5.41, 5.74) is 4.70. The molecule has 27 heavy (non-hydrogen) atoms. The molecule has 0 spiro atoms. The van der Waals surface area contributed by atoms with Gasteiger partial charge in [-0.3, -0.25) is 0 Å². The van der Waals surface area contributed by atoms with Crippen molar-refractivity contribution in [2.45, 2.75) is 20.3 Å². The Hall–Kier alpha value is -2.39. The van der Waals surface area contributed by atoms with Gasteiger partial charge < -0.3 is 9.47 Å². The summed E-state index contributed by atoms with van der Waals surface area (Å²) in [6.45, 7) is 5.03.